The highest BCUT2D eigenvalue weighted by Crippen LogP contribution is 2.26. The summed E-state index contributed by atoms with van der Waals surface area (Å²) in [6.07, 6.45) is 7.49. The summed E-state index contributed by atoms with van der Waals surface area (Å²) >= 11 is 0. The van der Waals surface area contributed by atoms with E-state index in [2.05, 4.69) is 19.7 Å². The number of carbonyl (C=O) groups is 1. The zero-order valence-electron chi connectivity index (χ0n) is 14.5. The van der Waals surface area contributed by atoms with Crippen LogP contribution in [-0.4, -0.2) is 57.7 Å². The lowest BCUT2D eigenvalue weighted by Gasteiger charge is -2.31. The molecule has 130 valence electrons. The number of hydrogen-bond acceptors (Lipinski definition) is 4. The van der Waals surface area contributed by atoms with E-state index in [0.29, 0.717) is 18.3 Å². The van der Waals surface area contributed by atoms with Crippen molar-refractivity contribution < 1.29 is 4.79 Å². The quantitative estimate of drug-likeness (QED) is 0.878. The van der Waals surface area contributed by atoms with E-state index in [1.54, 1.807) is 0 Å². The Labute approximate surface area is 142 Å². The molecule has 3 heterocycles. The van der Waals surface area contributed by atoms with E-state index >= 15 is 0 Å². The molecule has 1 N–H and O–H groups in total. The fourth-order valence-corrected chi connectivity index (χ4v) is 3.14. The number of hydrogen-bond donors (Lipinski definition) is 1. The van der Waals surface area contributed by atoms with Crippen LogP contribution in [0.3, 0.4) is 0 Å². The fraction of sp³-hybridized carbons (Fsp3) is 0.588. The van der Waals surface area contributed by atoms with Gasteiger partial charge < -0.3 is 14.4 Å². The van der Waals surface area contributed by atoms with Gasteiger partial charge in [0, 0.05) is 58.5 Å². The van der Waals surface area contributed by atoms with E-state index in [9.17, 15) is 4.79 Å². The Kier molecular flexibility index (Phi) is 5.17. The summed E-state index contributed by atoms with van der Waals surface area (Å²) in [4.78, 5) is 20.8. The van der Waals surface area contributed by atoms with E-state index in [1.807, 2.05) is 48.4 Å². The van der Waals surface area contributed by atoms with E-state index in [4.69, 9.17) is 0 Å². The maximum Gasteiger partial charge on any atom is 0.244 e. The van der Waals surface area contributed by atoms with Crippen LogP contribution in [0.25, 0.3) is 0 Å². The summed E-state index contributed by atoms with van der Waals surface area (Å²) in [7, 11) is 3.86. The zero-order chi connectivity index (χ0) is 16.9. The summed E-state index contributed by atoms with van der Waals surface area (Å²) < 4.78 is 2.12. The third-order valence-corrected chi connectivity index (χ3v) is 4.60. The number of piperidine rings is 1. The highest BCUT2D eigenvalue weighted by molar-refractivity contribution is 5.76. The zero-order valence-corrected chi connectivity index (χ0v) is 14.5. The van der Waals surface area contributed by atoms with Crippen LogP contribution in [0, 0.1) is 0 Å². The number of H-pyrrole nitrogens is 1. The van der Waals surface area contributed by atoms with Crippen LogP contribution in [0.5, 0.6) is 0 Å². The van der Waals surface area contributed by atoms with Gasteiger partial charge in [-0.1, -0.05) is 0 Å². The van der Waals surface area contributed by atoms with Gasteiger partial charge in [-0.15, -0.1) is 5.10 Å². The largest absolute Gasteiger partial charge is 0.354 e. The topological polar surface area (TPSA) is 70.1 Å². The smallest absolute Gasteiger partial charge is 0.244 e. The highest BCUT2D eigenvalue weighted by Gasteiger charge is 2.25. The SMILES string of the molecule is CN(C)c1n[nH]c(C2CCN(C(=O)CCCn3cccc3)CC2)n1. The lowest BCUT2D eigenvalue weighted by molar-refractivity contribution is -0.132. The van der Waals surface area contributed by atoms with Gasteiger partial charge in [0.15, 0.2) is 0 Å². The van der Waals surface area contributed by atoms with E-state index < -0.39 is 0 Å². The number of aryl methyl sites for hydroxylation is 1. The third kappa shape index (κ3) is 3.96. The molecule has 0 bridgehead atoms. The molecule has 1 saturated heterocycles. The molecule has 2 aromatic heterocycles. The van der Waals surface area contributed by atoms with Crippen molar-refractivity contribution in [2.45, 2.75) is 38.1 Å². The molecule has 2 aromatic rings. The van der Waals surface area contributed by atoms with Crippen molar-refractivity contribution in [2.24, 2.45) is 0 Å². The average molecular weight is 330 g/mol. The molecule has 0 aliphatic carbocycles. The predicted octanol–water partition coefficient (Wildman–Crippen LogP) is 1.86. The average Bonchev–Trinajstić information content (AvgIpc) is 3.26. The van der Waals surface area contributed by atoms with Crippen LogP contribution in [0.4, 0.5) is 5.95 Å². The maximum atomic E-state index is 12.3. The van der Waals surface area contributed by atoms with Crippen LogP contribution < -0.4 is 4.90 Å². The Morgan fingerprint density at radius 3 is 2.62 bits per heavy atom. The second kappa shape index (κ2) is 7.51. The number of rotatable bonds is 6. The lowest BCUT2D eigenvalue weighted by Crippen LogP contribution is -2.38. The standard InChI is InChI=1S/C17H26N6O/c1-21(2)17-18-16(19-20-17)14-7-12-23(13-8-14)15(24)6-5-11-22-9-3-4-10-22/h3-4,9-10,14H,5-8,11-13H2,1-2H3,(H,18,19,20). The van der Waals surface area contributed by atoms with Crippen LogP contribution in [-0.2, 0) is 11.3 Å². The van der Waals surface area contributed by atoms with E-state index in [1.165, 1.54) is 0 Å². The molecule has 1 fully saturated rings. The number of amides is 1. The summed E-state index contributed by atoms with van der Waals surface area (Å²) in [6, 6.07) is 4.02. The van der Waals surface area contributed by atoms with Crippen molar-refractivity contribution in [1.29, 1.82) is 0 Å². The number of carbonyl (C=O) groups excluding carboxylic acids is 1. The normalized spacial score (nSPS) is 15.7. The monoisotopic (exact) mass is 330 g/mol. The van der Waals surface area contributed by atoms with Crippen LogP contribution in [0.1, 0.15) is 37.4 Å². The molecule has 7 heteroatoms. The molecule has 3 rings (SSSR count). The minimum Gasteiger partial charge on any atom is -0.354 e. The molecule has 0 radical (unpaired) electrons. The number of anilines is 1. The van der Waals surface area contributed by atoms with Gasteiger partial charge in [0.2, 0.25) is 11.9 Å². The minimum atomic E-state index is 0.271. The Bertz CT molecular complexity index is 640. The molecule has 0 spiro atoms. The second-order valence-corrected chi connectivity index (χ2v) is 6.59. The minimum absolute atomic E-state index is 0.271. The summed E-state index contributed by atoms with van der Waals surface area (Å²) in [5.41, 5.74) is 0. The molecule has 1 aliphatic heterocycles. The highest BCUT2D eigenvalue weighted by atomic mass is 16.2. The van der Waals surface area contributed by atoms with Crippen LogP contribution in [0.15, 0.2) is 24.5 Å². The van der Waals surface area contributed by atoms with Gasteiger partial charge in [0.05, 0.1) is 0 Å². The van der Waals surface area contributed by atoms with Crippen LogP contribution >= 0.6 is 0 Å². The summed E-state index contributed by atoms with van der Waals surface area (Å²) in [5, 5.41) is 7.26. The Balaban J connectivity index is 1.43. The molecule has 1 amide bonds. The van der Waals surface area contributed by atoms with Gasteiger partial charge >= 0.3 is 0 Å². The molecular formula is C17H26N6O. The first kappa shape index (κ1) is 16.5. The van der Waals surface area contributed by atoms with Gasteiger partial charge in [0.25, 0.3) is 0 Å². The van der Waals surface area contributed by atoms with Gasteiger partial charge in [-0.25, -0.2) is 0 Å². The first-order valence-electron chi connectivity index (χ1n) is 8.61. The van der Waals surface area contributed by atoms with Crippen molar-refractivity contribution in [2.75, 3.05) is 32.1 Å². The van der Waals surface area contributed by atoms with Crippen molar-refractivity contribution in [3.8, 4) is 0 Å². The van der Waals surface area contributed by atoms with Crippen molar-refractivity contribution in [1.82, 2.24) is 24.6 Å². The van der Waals surface area contributed by atoms with Gasteiger partial charge in [-0.3, -0.25) is 9.89 Å². The number of aromatic nitrogens is 4. The first-order chi connectivity index (χ1) is 11.6. The molecule has 0 aromatic carbocycles. The second-order valence-electron chi connectivity index (χ2n) is 6.59. The number of aromatic amines is 1. The Morgan fingerprint density at radius 1 is 1.29 bits per heavy atom. The molecule has 0 atom stereocenters. The molecule has 7 nitrogen and oxygen atoms in total. The van der Waals surface area contributed by atoms with Gasteiger partial charge in [-0.2, -0.15) is 4.98 Å². The molecule has 0 saturated carbocycles. The fourth-order valence-electron chi connectivity index (χ4n) is 3.14. The molecular weight excluding hydrogens is 304 g/mol. The van der Waals surface area contributed by atoms with Gasteiger partial charge in [0.1, 0.15) is 5.82 Å². The van der Waals surface area contributed by atoms with E-state index in [-0.39, 0.29) is 5.91 Å². The van der Waals surface area contributed by atoms with Crippen molar-refractivity contribution in [3.05, 3.63) is 30.4 Å². The summed E-state index contributed by atoms with van der Waals surface area (Å²) in [6.45, 7) is 2.52. The van der Waals surface area contributed by atoms with Crippen molar-refractivity contribution >= 4 is 11.9 Å². The number of nitrogens with one attached hydrogen (secondary N) is 1. The van der Waals surface area contributed by atoms with Gasteiger partial charge in [-0.05, 0) is 31.4 Å². The maximum absolute atomic E-state index is 12.3. The number of nitrogens with zero attached hydrogens (tertiary/aromatic N) is 5. The first-order valence-corrected chi connectivity index (χ1v) is 8.61. The van der Waals surface area contributed by atoms with E-state index in [0.717, 1.165) is 44.7 Å². The number of likely N-dealkylation sites (tertiary alicyclic amines) is 1. The Morgan fingerprint density at radius 2 is 2.00 bits per heavy atom. The lowest BCUT2D eigenvalue weighted by atomic mass is 9.96. The Hall–Kier alpha value is -2.31. The summed E-state index contributed by atoms with van der Waals surface area (Å²) in [5.74, 6) is 2.30. The van der Waals surface area contributed by atoms with Crippen LogP contribution in [0.2, 0.25) is 0 Å². The third-order valence-electron chi connectivity index (χ3n) is 4.60. The predicted molar refractivity (Wildman–Crippen MR) is 92.9 cm³/mol. The molecule has 24 heavy (non-hydrogen) atoms. The molecule has 0 unspecified atom stereocenters. The molecule has 1 aliphatic rings. The van der Waals surface area contributed by atoms with Crippen molar-refractivity contribution in [3.63, 3.8) is 0 Å².